The maximum Gasteiger partial charge on any atom is 0.253 e. The number of aliphatic hydroxyl groups excluding tert-OH is 1. The Morgan fingerprint density at radius 2 is 1.56 bits per heavy atom. The lowest BCUT2D eigenvalue weighted by Gasteiger charge is -2.31. The zero-order chi connectivity index (χ0) is 35.0. The van der Waals surface area contributed by atoms with Crippen LogP contribution >= 0.6 is 0 Å². The van der Waals surface area contributed by atoms with Crippen molar-refractivity contribution in [3.8, 4) is 5.75 Å². The van der Waals surface area contributed by atoms with E-state index in [-0.39, 0.29) is 48.3 Å². The topological polar surface area (TPSA) is 142 Å². The minimum Gasteiger partial charge on any atom is -0.497 e. The number of benzene rings is 3. The first-order valence-electron chi connectivity index (χ1n) is 15.7. The first-order valence-corrected chi connectivity index (χ1v) is 17.2. The summed E-state index contributed by atoms with van der Waals surface area (Å²) in [5.74, 6) is 0.957. The van der Waals surface area contributed by atoms with E-state index in [1.54, 1.807) is 57.3 Å². The highest BCUT2D eigenvalue weighted by atomic mass is 32.2. The summed E-state index contributed by atoms with van der Waals surface area (Å²) in [4.78, 5) is 32.5. The van der Waals surface area contributed by atoms with E-state index in [2.05, 4.69) is 10.3 Å². The number of aromatic nitrogens is 1. The van der Waals surface area contributed by atoms with E-state index in [4.69, 9.17) is 9.15 Å². The number of rotatable bonds is 15. The Morgan fingerprint density at radius 3 is 2.12 bits per heavy atom. The molecule has 0 fully saturated rings. The van der Waals surface area contributed by atoms with Gasteiger partial charge in [-0.3, -0.25) is 9.59 Å². The average molecular weight is 677 g/mol. The maximum atomic E-state index is 13.7. The number of aliphatic hydroxyl groups is 1. The number of carbonyl (C=O) groups excluding carboxylic acids is 2. The lowest BCUT2D eigenvalue weighted by molar-refractivity contribution is 0.0770. The van der Waals surface area contributed by atoms with E-state index >= 15 is 0 Å². The van der Waals surface area contributed by atoms with E-state index < -0.39 is 28.1 Å². The number of amides is 2. The smallest absolute Gasteiger partial charge is 0.253 e. The second-order valence-electron chi connectivity index (χ2n) is 12.2. The number of nitrogens with zero attached hydrogens (tertiary/aromatic N) is 3. The van der Waals surface area contributed by atoms with E-state index in [1.165, 1.54) is 28.4 Å². The van der Waals surface area contributed by atoms with Crippen molar-refractivity contribution in [2.75, 3.05) is 27.2 Å². The molecule has 2 atom stereocenters. The molecular weight excluding hydrogens is 632 g/mol. The normalized spacial score (nSPS) is 12.9. The average Bonchev–Trinajstić information content (AvgIpc) is 3.39. The summed E-state index contributed by atoms with van der Waals surface area (Å²) in [5, 5.41) is 14.5. The number of hydrogen-bond donors (Lipinski definition) is 2. The molecule has 48 heavy (non-hydrogen) atoms. The van der Waals surface area contributed by atoms with Crippen molar-refractivity contribution >= 4 is 21.8 Å². The molecule has 0 saturated carbocycles. The van der Waals surface area contributed by atoms with Gasteiger partial charge < -0.3 is 24.5 Å². The van der Waals surface area contributed by atoms with Crippen LogP contribution in [0.1, 0.15) is 57.5 Å². The molecule has 11 nitrogen and oxygen atoms in total. The predicted molar refractivity (Wildman–Crippen MR) is 182 cm³/mol. The fraction of sp³-hybridized carbons (Fsp3) is 0.361. The Bertz CT molecular complexity index is 1770. The number of ether oxygens (including phenoxy) is 1. The van der Waals surface area contributed by atoms with Crippen LogP contribution in [0.2, 0.25) is 0 Å². The SMILES string of the molecule is COc1ccc(S(=O)(=O)N(CC(C)C)C[C@@H](O)[C@H](Cc2ccccc2)NC(=O)c2ccc(C(=O)N(C)Cc3nc(C)oc3C)cc2)cc1. The minimum atomic E-state index is -3.98. The fourth-order valence-corrected chi connectivity index (χ4v) is 6.94. The highest BCUT2D eigenvalue weighted by Gasteiger charge is 2.31. The Balaban J connectivity index is 1.52. The van der Waals surface area contributed by atoms with Crippen molar-refractivity contribution in [1.29, 1.82) is 0 Å². The standard InChI is InChI=1S/C36H44N4O7S/c1-24(2)21-40(48(44,45)31-18-16-30(46-6)17-19-31)23-34(41)32(20-27-10-8-7-9-11-27)38-35(42)28-12-14-29(15-13-28)36(43)39(5)22-33-25(3)47-26(4)37-33/h7-19,24,32,34,41H,20-23H2,1-6H3,(H,38,42)/t32-,34+/m0/s1. The molecular formula is C36H44N4O7S. The van der Waals surface area contributed by atoms with Gasteiger partial charge in [-0.05, 0) is 73.4 Å². The molecule has 0 unspecified atom stereocenters. The van der Waals surface area contributed by atoms with Crippen LogP contribution in [-0.2, 0) is 23.0 Å². The van der Waals surface area contributed by atoms with Crippen LogP contribution in [0.4, 0.5) is 0 Å². The number of methoxy groups -OCH3 is 1. The highest BCUT2D eigenvalue weighted by Crippen LogP contribution is 2.22. The Labute approximate surface area is 282 Å². The third-order valence-electron chi connectivity index (χ3n) is 7.86. The van der Waals surface area contributed by atoms with E-state index in [9.17, 15) is 23.1 Å². The van der Waals surface area contributed by atoms with Crippen LogP contribution in [0.25, 0.3) is 0 Å². The fourth-order valence-electron chi connectivity index (χ4n) is 5.31. The third-order valence-corrected chi connectivity index (χ3v) is 9.71. The largest absolute Gasteiger partial charge is 0.497 e. The molecule has 1 heterocycles. The number of nitrogens with one attached hydrogen (secondary N) is 1. The summed E-state index contributed by atoms with van der Waals surface area (Å²) in [6.45, 7) is 7.53. The van der Waals surface area contributed by atoms with Crippen molar-refractivity contribution in [1.82, 2.24) is 19.5 Å². The highest BCUT2D eigenvalue weighted by molar-refractivity contribution is 7.89. The number of aryl methyl sites for hydroxylation is 2. The molecule has 0 bridgehead atoms. The zero-order valence-corrected chi connectivity index (χ0v) is 29.0. The van der Waals surface area contributed by atoms with E-state index in [0.717, 1.165) is 5.56 Å². The lowest BCUT2D eigenvalue weighted by Crippen LogP contribution is -2.51. The maximum absolute atomic E-state index is 13.7. The van der Waals surface area contributed by atoms with Crippen LogP contribution in [0, 0.1) is 19.8 Å². The molecule has 0 aliphatic rings. The first kappa shape index (κ1) is 36.3. The second kappa shape index (κ2) is 16.1. The molecule has 4 rings (SSSR count). The van der Waals surface area contributed by atoms with Gasteiger partial charge in [-0.1, -0.05) is 44.2 Å². The molecule has 2 N–H and O–H groups in total. The summed E-state index contributed by atoms with van der Waals surface area (Å²) < 4.78 is 39.4. The number of sulfonamides is 1. The first-order chi connectivity index (χ1) is 22.8. The molecule has 0 radical (unpaired) electrons. The molecule has 256 valence electrons. The van der Waals surface area contributed by atoms with Gasteiger partial charge in [0.1, 0.15) is 17.2 Å². The molecule has 1 aromatic heterocycles. The van der Waals surface area contributed by atoms with Crippen molar-refractivity contribution < 1.29 is 32.3 Å². The van der Waals surface area contributed by atoms with Crippen LogP contribution in [-0.4, -0.2) is 78.9 Å². The van der Waals surface area contributed by atoms with Gasteiger partial charge in [0.15, 0.2) is 5.89 Å². The van der Waals surface area contributed by atoms with Gasteiger partial charge in [-0.25, -0.2) is 13.4 Å². The summed E-state index contributed by atoms with van der Waals surface area (Å²) in [6, 6.07) is 20.8. The summed E-state index contributed by atoms with van der Waals surface area (Å²) in [7, 11) is -0.816. The van der Waals surface area contributed by atoms with E-state index in [0.29, 0.717) is 28.7 Å². The lowest BCUT2D eigenvalue weighted by atomic mass is 10.00. The minimum absolute atomic E-state index is 0.0308. The molecule has 0 aliphatic heterocycles. The van der Waals surface area contributed by atoms with Gasteiger partial charge in [0, 0.05) is 38.2 Å². The predicted octanol–water partition coefficient (Wildman–Crippen LogP) is 4.62. The van der Waals surface area contributed by atoms with Gasteiger partial charge in [0.05, 0.1) is 30.7 Å². The van der Waals surface area contributed by atoms with Gasteiger partial charge in [0.25, 0.3) is 11.8 Å². The van der Waals surface area contributed by atoms with Crippen LogP contribution in [0.15, 0.2) is 88.2 Å². The molecule has 0 aliphatic carbocycles. The Morgan fingerprint density at radius 1 is 0.938 bits per heavy atom. The molecule has 4 aromatic rings. The van der Waals surface area contributed by atoms with Crippen molar-refractivity contribution in [3.05, 3.63) is 113 Å². The summed E-state index contributed by atoms with van der Waals surface area (Å²) in [5.41, 5.74) is 2.20. The Hall–Kier alpha value is -4.52. The quantitative estimate of drug-likeness (QED) is 0.186. The van der Waals surface area contributed by atoms with Crippen LogP contribution in [0.3, 0.4) is 0 Å². The van der Waals surface area contributed by atoms with E-state index in [1.807, 2.05) is 44.2 Å². The van der Waals surface area contributed by atoms with Gasteiger partial charge in [-0.15, -0.1) is 0 Å². The summed E-state index contributed by atoms with van der Waals surface area (Å²) >= 11 is 0. The van der Waals surface area contributed by atoms with Crippen molar-refractivity contribution in [2.24, 2.45) is 5.92 Å². The molecule has 3 aromatic carbocycles. The van der Waals surface area contributed by atoms with Crippen LogP contribution in [0.5, 0.6) is 5.75 Å². The van der Waals surface area contributed by atoms with Crippen molar-refractivity contribution in [3.63, 3.8) is 0 Å². The van der Waals surface area contributed by atoms with Crippen molar-refractivity contribution in [2.45, 2.75) is 57.7 Å². The molecule has 0 spiro atoms. The number of oxazole rings is 1. The van der Waals surface area contributed by atoms with Gasteiger partial charge in [-0.2, -0.15) is 4.31 Å². The van der Waals surface area contributed by atoms with Gasteiger partial charge in [0.2, 0.25) is 10.0 Å². The monoisotopic (exact) mass is 676 g/mol. The summed E-state index contributed by atoms with van der Waals surface area (Å²) in [6.07, 6.45) is -0.993. The molecule has 12 heteroatoms. The second-order valence-corrected chi connectivity index (χ2v) is 14.1. The van der Waals surface area contributed by atoms with Crippen LogP contribution < -0.4 is 10.1 Å². The molecule has 0 saturated heterocycles. The zero-order valence-electron chi connectivity index (χ0n) is 28.2. The number of carbonyl (C=O) groups is 2. The van der Waals surface area contributed by atoms with Gasteiger partial charge >= 0.3 is 0 Å². The Kier molecular flexibility index (Phi) is 12.1. The number of hydrogen-bond acceptors (Lipinski definition) is 8. The third kappa shape index (κ3) is 9.30. The molecule has 2 amide bonds.